The number of anilines is 2. The summed E-state index contributed by atoms with van der Waals surface area (Å²) in [5.41, 5.74) is 8.57. The molecule has 1 unspecified atom stereocenters. The number of hydrogen-bond acceptors (Lipinski definition) is 7. The number of H-pyrrole nitrogens is 1. The van der Waals surface area contributed by atoms with Crippen LogP contribution in [0.3, 0.4) is 0 Å². The van der Waals surface area contributed by atoms with Gasteiger partial charge in [0.1, 0.15) is 10.6 Å². The van der Waals surface area contributed by atoms with Gasteiger partial charge in [-0.2, -0.15) is 8.42 Å². The van der Waals surface area contributed by atoms with Gasteiger partial charge in [0, 0.05) is 30.3 Å². The monoisotopic (exact) mass is 511 g/mol. The number of aromatic amines is 1. The Hall–Kier alpha value is -3.11. The quantitative estimate of drug-likeness (QED) is 0.334. The summed E-state index contributed by atoms with van der Waals surface area (Å²) in [6.07, 6.45) is 2.88. The first-order chi connectivity index (χ1) is 17.0. The number of hydrogen-bond donors (Lipinski definition) is 4. The maximum Gasteiger partial charge on any atom is 0.339 e. The van der Waals surface area contributed by atoms with Crippen molar-refractivity contribution in [3.05, 3.63) is 42.5 Å². The van der Waals surface area contributed by atoms with Gasteiger partial charge >= 0.3 is 10.1 Å². The second-order valence-electron chi connectivity index (χ2n) is 10.8. The third-order valence-electron chi connectivity index (χ3n) is 7.49. The highest BCUT2D eigenvalue weighted by molar-refractivity contribution is 7.87. The summed E-state index contributed by atoms with van der Waals surface area (Å²) in [4.78, 5) is 19.4. The topological polar surface area (TPSA) is 139 Å². The molecule has 10 heteroatoms. The van der Waals surface area contributed by atoms with Crippen LogP contribution < -0.4 is 20.6 Å². The van der Waals surface area contributed by atoms with E-state index in [9.17, 15) is 13.2 Å². The lowest BCUT2D eigenvalue weighted by molar-refractivity contribution is -0.117. The molecule has 1 aromatic heterocycles. The van der Waals surface area contributed by atoms with Crippen molar-refractivity contribution in [3.63, 3.8) is 0 Å². The van der Waals surface area contributed by atoms with E-state index in [0.29, 0.717) is 28.8 Å². The fourth-order valence-electron chi connectivity index (χ4n) is 5.25. The van der Waals surface area contributed by atoms with Crippen molar-refractivity contribution in [1.82, 2.24) is 9.97 Å². The number of nitrogens with one attached hydrogen (secondary N) is 3. The number of benzene rings is 2. The molecule has 9 nitrogen and oxygen atoms in total. The molecule has 0 spiro atoms. The molecule has 0 saturated heterocycles. The van der Waals surface area contributed by atoms with Crippen molar-refractivity contribution in [1.29, 1.82) is 0 Å². The highest BCUT2D eigenvalue weighted by Gasteiger charge is 2.44. The predicted molar refractivity (Wildman–Crippen MR) is 139 cm³/mol. The first-order valence-corrected chi connectivity index (χ1v) is 13.8. The molecule has 0 bridgehead atoms. The number of nitrogens with zero attached hydrogens (tertiary/aromatic N) is 1. The van der Waals surface area contributed by atoms with E-state index in [2.05, 4.69) is 41.4 Å². The molecule has 0 aliphatic heterocycles. The summed E-state index contributed by atoms with van der Waals surface area (Å²) >= 11 is 0. The van der Waals surface area contributed by atoms with E-state index in [1.807, 2.05) is 0 Å². The van der Waals surface area contributed by atoms with Crippen LogP contribution in [0.5, 0.6) is 5.75 Å². The molecule has 2 aliphatic rings. The van der Waals surface area contributed by atoms with Crippen LogP contribution in [0, 0.1) is 23.2 Å². The maximum absolute atomic E-state index is 12.9. The molecule has 36 heavy (non-hydrogen) atoms. The smallest absolute Gasteiger partial charge is 0.339 e. The van der Waals surface area contributed by atoms with Gasteiger partial charge in [-0.05, 0) is 72.9 Å². The second-order valence-corrected chi connectivity index (χ2v) is 12.4. The van der Waals surface area contributed by atoms with E-state index in [4.69, 9.17) is 9.92 Å². The molecule has 192 valence electrons. The third kappa shape index (κ3) is 5.05. The second kappa shape index (κ2) is 9.08. The molecule has 3 aromatic rings. The van der Waals surface area contributed by atoms with E-state index in [0.717, 1.165) is 31.5 Å². The highest BCUT2D eigenvalue weighted by atomic mass is 32.2. The zero-order chi connectivity index (χ0) is 25.7. The van der Waals surface area contributed by atoms with Crippen LogP contribution >= 0.6 is 0 Å². The first-order valence-electron chi connectivity index (χ1n) is 12.4. The molecule has 1 amide bonds. The lowest BCUT2D eigenvalue weighted by Gasteiger charge is -2.29. The summed E-state index contributed by atoms with van der Waals surface area (Å²) in [6.45, 7) is 7.43. The van der Waals surface area contributed by atoms with Gasteiger partial charge in [0.05, 0.1) is 11.0 Å². The summed E-state index contributed by atoms with van der Waals surface area (Å²) in [5, 5.41) is 6.16. The summed E-state index contributed by atoms with van der Waals surface area (Å²) in [6, 6.07) is 11.4. The molecule has 2 saturated carbocycles. The Kier molecular flexibility index (Phi) is 6.20. The fraction of sp³-hybridized carbons (Fsp3) is 0.462. The lowest BCUT2D eigenvalue weighted by atomic mass is 9.80. The van der Waals surface area contributed by atoms with E-state index in [1.54, 1.807) is 24.3 Å². The Labute approximate surface area is 211 Å². The minimum atomic E-state index is -4.03. The zero-order valence-corrected chi connectivity index (χ0v) is 21.6. The highest BCUT2D eigenvalue weighted by Crippen LogP contribution is 2.45. The SMILES string of the molecule is C[C@H]1CC(C)(C)C(CNc2ccc(S(=O)(=O)Oc3ccc4[nH]c(NC(=O)C5CC5)nc4c3)cc2)[C@H]1N. The van der Waals surface area contributed by atoms with Crippen molar-refractivity contribution in [2.75, 3.05) is 17.2 Å². The van der Waals surface area contributed by atoms with E-state index in [-0.39, 0.29) is 33.9 Å². The summed E-state index contributed by atoms with van der Waals surface area (Å²) in [7, 11) is -4.03. The first kappa shape index (κ1) is 24.6. The lowest BCUT2D eigenvalue weighted by Crippen LogP contribution is -2.38. The van der Waals surface area contributed by atoms with Gasteiger partial charge in [-0.1, -0.05) is 20.8 Å². The minimum absolute atomic E-state index is 0.0547. The van der Waals surface area contributed by atoms with Crippen molar-refractivity contribution in [2.45, 2.75) is 51.0 Å². The molecule has 2 fully saturated rings. The molecule has 1 heterocycles. The Morgan fingerprint density at radius 1 is 1.19 bits per heavy atom. The Balaban J connectivity index is 1.23. The number of carbonyl (C=O) groups excluding carboxylic acids is 1. The van der Waals surface area contributed by atoms with E-state index >= 15 is 0 Å². The third-order valence-corrected chi connectivity index (χ3v) is 8.75. The van der Waals surface area contributed by atoms with Crippen LogP contribution in [0.4, 0.5) is 11.6 Å². The van der Waals surface area contributed by atoms with Crippen LogP contribution in [0.1, 0.15) is 40.0 Å². The number of fused-ring (bicyclic) bond motifs is 1. The minimum Gasteiger partial charge on any atom is -0.385 e. The van der Waals surface area contributed by atoms with Crippen LogP contribution in [0.2, 0.25) is 0 Å². The van der Waals surface area contributed by atoms with Gasteiger partial charge in [0.25, 0.3) is 0 Å². The average molecular weight is 512 g/mol. The molecule has 3 atom stereocenters. The fourth-order valence-corrected chi connectivity index (χ4v) is 6.17. The summed E-state index contributed by atoms with van der Waals surface area (Å²) in [5.74, 6) is 1.28. The number of carbonyl (C=O) groups is 1. The predicted octanol–water partition coefficient (Wildman–Crippen LogP) is 4.10. The van der Waals surface area contributed by atoms with Gasteiger partial charge in [-0.15, -0.1) is 0 Å². The van der Waals surface area contributed by atoms with Crippen LogP contribution in [0.15, 0.2) is 47.4 Å². The van der Waals surface area contributed by atoms with Crippen LogP contribution in [0.25, 0.3) is 11.0 Å². The van der Waals surface area contributed by atoms with Crippen molar-refractivity contribution in [3.8, 4) is 5.75 Å². The molecular weight excluding hydrogens is 478 g/mol. The molecular formula is C26H33N5O4S. The number of amides is 1. The van der Waals surface area contributed by atoms with E-state index in [1.165, 1.54) is 18.2 Å². The van der Waals surface area contributed by atoms with Gasteiger partial charge in [0.2, 0.25) is 11.9 Å². The molecule has 2 aromatic carbocycles. The van der Waals surface area contributed by atoms with Crippen molar-refractivity contribution < 1.29 is 17.4 Å². The molecule has 5 N–H and O–H groups in total. The molecule has 0 radical (unpaired) electrons. The zero-order valence-electron chi connectivity index (χ0n) is 20.7. The average Bonchev–Trinajstić information content (AvgIpc) is 3.55. The van der Waals surface area contributed by atoms with Gasteiger partial charge in [0.15, 0.2) is 0 Å². The molecule has 5 rings (SSSR count). The van der Waals surface area contributed by atoms with E-state index < -0.39 is 10.1 Å². The van der Waals surface area contributed by atoms with Gasteiger partial charge in [-0.3, -0.25) is 10.1 Å². The number of aromatic nitrogens is 2. The Morgan fingerprint density at radius 2 is 1.92 bits per heavy atom. The summed E-state index contributed by atoms with van der Waals surface area (Å²) < 4.78 is 31.1. The van der Waals surface area contributed by atoms with Gasteiger partial charge < -0.3 is 20.2 Å². The van der Waals surface area contributed by atoms with Crippen molar-refractivity contribution >= 4 is 38.7 Å². The van der Waals surface area contributed by atoms with Crippen LogP contribution in [-0.4, -0.2) is 36.9 Å². The molecule has 2 aliphatic carbocycles. The Morgan fingerprint density at radius 3 is 2.56 bits per heavy atom. The van der Waals surface area contributed by atoms with Gasteiger partial charge in [-0.25, -0.2) is 4.98 Å². The number of imidazole rings is 1. The number of nitrogens with two attached hydrogens (primary N) is 1. The van der Waals surface area contributed by atoms with Crippen molar-refractivity contribution in [2.24, 2.45) is 28.9 Å². The standard InChI is InChI=1S/C26H33N5O4S/c1-15-13-26(2,3)20(23(15)27)14-28-17-6-9-19(10-7-17)36(33,34)35-18-8-11-21-22(12-18)30-25(29-21)31-24(32)16-4-5-16/h6-12,15-16,20,23,28H,4-5,13-14,27H2,1-3H3,(H2,29,30,31,32)/t15-,20?,23-/m0/s1. The van der Waals surface area contributed by atoms with Crippen LogP contribution in [-0.2, 0) is 14.9 Å². The maximum atomic E-state index is 12.9. The largest absolute Gasteiger partial charge is 0.385 e. The number of rotatable bonds is 8. The normalized spacial score (nSPS) is 23.5. The Bertz CT molecular complexity index is 1380.